The van der Waals surface area contributed by atoms with Crippen LogP contribution in [0.5, 0.6) is 0 Å². The summed E-state index contributed by atoms with van der Waals surface area (Å²) in [5.41, 5.74) is 0. The molecule has 13 heavy (non-hydrogen) atoms. The molecule has 0 fully saturated rings. The minimum Gasteiger partial charge on any atom is -0.672 e. The van der Waals surface area contributed by atoms with Crippen LogP contribution < -0.4 is 56.9 Å². The Kier molecular flexibility index (Phi) is 130. The van der Waals surface area contributed by atoms with Gasteiger partial charge in [-0.15, -0.1) is 0 Å². The molecule has 6 nitrogen and oxygen atoms in total. The molecular formula is H6B2BaLi2O6Si2. The molecule has 0 aromatic carbocycles. The quantitative estimate of drug-likeness (QED) is 0.406. The van der Waals surface area contributed by atoms with Crippen LogP contribution in [0.2, 0.25) is 0 Å². The van der Waals surface area contributed by atoms with E-state index >= 15 is 0 Å². The van der Waals surface area contributed by atoms with E-state index in [2.05, 4.69) is 0 Å². The van der Waals surface area contributed by atoms with Crippen molar-refractivity contribution in [1.29, 1.82) is 0 Å². The standard InChI is InChI=1S/2BH3.Ba.2Li.2O3Si/c;;;;;2*1-4(2)3/h2*1H3;;;;;/q;;+2;2*+1;2*-2. The second-order valence-corrected chi connectivity index (χ2v) is 1.50. The van der Waals surface area contributed by atoms with Crippen LogP contribution in [0, 0.1) is 0 Å². The minimum atomic E-state index is -3.63. The molecule has 0 spiro atoms. The maximum absolute atomic E-state index is 8.52. The van der Waals surface area contributed by atoms with E-state index in [-0.39, 0.29) is 103 Å². The Morgan fingerprint density at radius 2 is 0.692 bits per heavy atom. The van der Waals surface area contributed by atoms with E-state index in [1.165, 1.54) is 0 Å². The van der Waals surface area contributed by atoms with Crippen LogP contribution in [0.25, 0.3) is 0 Å². The smallest absolute Gasteiger partial charge is 0.672 e. The van der Waals surface area contributed by atoms with Crippen LogP contribution in [-0.2, 0) is 8.92 Å². The third-order valence-corrected chi connectivity index (χ3v) is 0. The van der Waals surface area contributed by atoms with E-state index < -0.39 is 18.3 Å². The molecule has 0 N–H and O–H groups in total. The number of rotatable bonds is 0. The third-order valence-electron chi connectivity index (χ3n) is 0. The van der Waals surface area contributed by atoms with Gasteiger partial charge in [0.2, 0.25) is 0 Å². The zero-order valence-corrected chi connectivity index (χ0v) is 12.6. The van der Waals surface area contributed by atoms with Crippen LogP contribution in [-0.4, -0.2) is 84.0 Å². The molecule has 60 valence electrons. The molecule has 0 atom stereocenters. The molecule has 0 aliphatic rings. The predicted octanol–water partition coefficient (Wildman–Crippen LogP) is -14.5. The molecule has 0 aliphatic heterocycles. The van der Waals surface area contributed by atoms with Gasteiger partial charge in [-0.05, 0) is 0 Å². The number of hydrogen-bond donors (Lipinski definition) is 0. The molecule has 0 heterocycles. The van der Waals surface area contributed by atoms with Crippen molar-refractivity contribution in [3.8, 4) is 0 Å². The summed E-state index contributed by atoms with van der Waals surface area (Å²) >= 11 is 0. The van der Waals surface area contributed by atoms with Crippen LogP contribution in [0.4, 0.5) is 0 Å². The summed E-state index contributed by atoms with van der Waals surface area (Å²) in [5, 5.41) is 0. The average Bonchev–Trinajstić information content (AvgIpc) is 1.25. The van der Waals surface area contributed by atoms with E-state index in [0.29, 0.717) is 0 Å². The molecule has 0 saturated carbocycles. The molecule has 0 aromatic rings. The van der Waals surface area contributed by atoms with Crippen molar-refractivity contribution >= 4 is 84.0 Å². The van der Waals surface area contributed by atoms with Gasteiger partial charge in [-0.2, -0.15) is 0 Å². The molecule has 0 aromatic heterocycles. The molecule has 13 heteroatoms. The molecule has 0 bridgehead atoms. The Morgan fingerprint density at radius 1 is 0.692 bits per heavy atom. The van der Waals surface area contributed by atoms with E-state index in [9.17, 15) is 0 Å². The first-order chi connectivity index (χ1) is 3.46. The summed E-state index contributed by atoms with van der Waals surface area (Å²) in [6, 6.07) is 0. The maximum atomic E-state index is 8.52. The fourth-order valence-electron chi connectivity index (χ4n) is 0. The van der Waals surface area contributed by atoms with Crippen molar-refractivity contribution in [1.82, 2.24) is 0 Å². The molecule has 0 unspecified atom stereocenters. The molecule has 0 radical (unpaired) electrons. The van der Waals surface area contributed by atoms with Crippen LogP contribution in [0.15, 0.2) is 0 Å². The summed E-state index contributed by atoms with van der Waals surface area (Å²) in [6.07, 6.45) is 0. The van der Waals surface area contributed by atoms with Crippen LogP contribution >= 0.6 is 0 Å². The second-order valence-electron chi connectivity index (χ2n) is 0.500. The normalized spacial score (nSPS) is 3.69. The fraction of sp³-hybridized carbons (Fsp3) is 0. The topological polar surface area (TPSA) is 126 Å². The fourth-order valence-corrected chi connectivity index (χ4v) is 0. The first-order valence-electron chi connectivity index (χ1n) is 1.22. The Labute approximate surface area is 147 Å². The first kappa shape index (κ1) is 45.7. The van der Waals surface area contributed by atoms with Gasteiger partial charge < -0.3 is 28.1 Å². The van der Waals surface area contributed by atoms with E-state index in [4.69, 9.17) is 28.1 Å². The minimum absolute atomic E-state index is 0. The van der Waals surface area contributed by atoms with Gasteiger partial charge in [0, 0.05) is 18.3 Å². The maximum Gasteiger partial charge on any atom is 2.00 e. The van der Waals surface area contributed by atoms with Gasteiger partial charge in [0.05, 0.1) is 16.8 Å². The zero-order valence-electron chi connectivity index (χ0n) is 6.16. The Bertz CT molecular complexity index is 84.6. The molecule has 0 amide bonds. The Morgan fingerprint density at radius 3 is 0.692 bits per heavy atom. The molecule has 0 aliphatic carbocycles. The third kappa shape index (κ3) is 458. The van der Waals surface area contributed by atoms with Crippen molar-refractivity contribution in [2.75, 3.05) is 0 Å². The van der Waals surface area contributed by atoms with Crippen LogP contribution in [0.3, 0.4) is 0 Å². The molecule has 0 saturated heterocycles. The predicted molar refractivity (Wildman–Crippen MR) is 38.5 cm³/mol. The van der Waals surface area contributed by atoms with Crippen molar-refractivity contribution in [2.45, 2.75) is 0 Å². The van der Waals surface area contributed by atoms with E-state index in [0.717, 1.165) is 0 Å². The molecular weight excluding hydrogens is 325 g/mol. The summed E-state index contributed by atoms with van der Waals surface area (Å²) in [6.45, 7) is 0. The summed E-state index contributed by atoms with van der Waals surface area (Å²) in [7, 11) is -7.26. The second kappa shape index (κ2) is 36.9. The van der Waals surface area contributed by atoms with Gasteiger partial charge in [0.15, 0.2) is 0 Å². The Balaban J connectivity index is -0.00000000800. The van der Waals surface area contributed by atoms with Gasteiger partial charge in [-0.3, -0.25) is 0 Å². The van der Waals surface area contributed by atoms with Crippen molar-refractivity contribution in [2.24, 2.45) is 0 Å². The average molecular weight is 331 g/mol. The van der Waals surface area contributed by atoms with Gasteiger partial charge in [0.1, 0.15) is 0 Å². The monoisotopic (exact) mass is 332 g/mol. The van der Waals surface area contributed by atoms with Gasteiger partial charge >= 0.3 is 86.6 Å². The van der Waals surface area contributed by atoms with E-state index in [1.54, 1.807) is 0 Å². The summed E-state index contributed by atoms with van der Waals surface area (Å²) < 4.78 is 17.0. The summed E-state index contributed by atoms with van der Waals surface area (Å²) in [4.78, 5) is 34.1. The van der Waals surface area contributed by atoms with Crippen molar-refractivity contribution in [3.05, 3.63) is 0 Å². The van der Waals surface area contributed by atoms with Gasteiger partial charge in [-0.1, -0.05) is 0 Å². The molecule has 0 rings (SSSR count). The van der Waals surface area contributed by atoms with E-state index in [1.807, 2.05) is 0 Å². The van der Waals surface area contributed by atoms with Gasteiger partial charge in [0.25, 0.3) is 0 Å². The van der Waals surface area contributed by atoms with Gasteiger partial charge in [-0.25, -0.2) is 0 Å². The van der Waals surface area contributed by atoms with Crippen LogP contribution in [0.1, 0.15) is 0 Å². The number of hydrogen-bond acceptors (Lipinski definition) is 6. The SMILES string of the molecule is B.B.O=[Si]([O-])[O-].O=[Si]([O-])[O-].[Ba+2].[Li+].[Li+]. The largest absolute Gasteiger partial charge is 2.00 e. The zero-order chi connectivity index (χ0) is 7.15. The van der Waals surface area contributed by atoms with Crippen molar-refractivity contribution in [3.63, 3.8) is 0 Å². The Hall–Kier alpha value is 2.13. The first-order valence-corrected chi connectivity index (χ1v) is 3.67. The summed E-state index contributed by atoms with van der Waals surface area (Å²) in [5.74, 6) is 0. The van der Waals surface area contributed by atoms with Crippen molar-refractivity contribution < 1.29 is 65.8 Å².